The molecule has 0 saturated heterocycles. The van der Waals surface area contributed by atoms with E-state index in [4.69, 9.17) is 0 Å². The van der Waals surface area contributed by atoms with Gasteiger partial charge in [0.1, 0.15) is 6.73 Å². The first kappa shape index (κ1) is 30.2. The van der Waals surface area contributed by atoms with E-state index >= 15 is 4.39 Å². The van der Waals surface area contributed by atoms with Gasteiger partial charge in [0.2, 0.25) is 5.82 Å². The van der Waals surface area contributed by atoms with E-state index in [0.29, 0.717) is 25.3 Å². The molecule has 0 spiro atoms. The first-order valence-corrected chi connectivity index (χ1v) is 9.97. The number of hydrogen-bond acceptors (Lipinski definition) is 4. The summed E-state index contributed by atoms with van der Waals surface area (Å²) in [6.07, 6.45) is -19.6. The Morgan fingerprint density at radius 1 is 1.00 bits per heavy atom. The third-order valence-corrected chi connectivity index (χ3v) is 5.40. The summed E-state index contributed by atoms with van der Waals surface area (Å²) in [5.41, 5.74) is -16.8. The number of ether oxygens (including phenoxy) is 1. The van der Waals surface area contributed by atoms with E-state index in [0.717, 1.165) is 0 Å². The van der Waals surface area contributed by atoms with Gasteiger partial charge in [0.25, 0.3) is 5.91 Å². The Labute approximate surface area is 206 Å². The van der Waals surface area contributed by atoms with Gasteiger partial charge in [-0.05, 0) is 18.2 Å². The number of nitro groups is 1. The summed E-state index contributed by atoms with van der Waals surface area (Å²) in [4.78, 5) is 22.1. The summed E-state index contributed by atoms with van der Waals surface area (Å²) in [5.74, 6) is -4.10. The predicted octanol–water partition coefficient (Wildman–Crippen LogP) is 7.06. The molecule has 0 aromatic heterocycles. The molecule has 0 saturated carbocycles. The van der Waals surface area contributed by atoms with Crippen molar-refractivity contribution in [2.75, 3.05) is 18.7 Å². The van der Waals surface area contributed by atoms with Crippen LogP contribution < -0.4 is 4.90 Å². The van der Waals surface area contributed by atoms with Gasteiger partial charge < -0.3 is 4.74 Å². The number of amides is 1. The fourth-order valence-electron chi connectivity index (χ4n) is 3.17. The summed E-state index contributed by atoms with van der Waals surface area (Å²) in [6.45, 7) is -1.57. The second kappa shape index (κ2) is 10.0. The van der Waals surface area contributed by atoms with E-state index in [1.165, 1.54) is 0 Å². The van der Waals surface area contributed by atoms with Crippen LogP contribution in [0.4, 0.5) is 59.7 Å². The van der Waals surface area contributed by atoms with Crippen molar-refractivity contribution in [2.24, 2.45) is 0 Å². The number of alkyl halides is 10. The van der Waals surface area contributed by atoms with E-state index in [2.05, 4.69) is 20.7 Å². The molecule has 0 aliphatic rings. The van der Waals surface area contributed by atoms with Gasteiger partial charge >= 0.3 is 29.9 Å². The molecule has 6 nitrogen and oxygen atoms in total. The monoisotopic (exact) mass is 618 g/mol. The summed E-state index contributed by atoms with van der Waals surface area (Å²) < 4.78 is 156. The molecule has 0 N–H and O–H groups in total. The average Bonchev–Trinajstić information content (AvgIpc) is 2.73. The predicted molar refractivity (Wildman–Crippen MR) is 106 cm³/mol. The van der Waals surface area contributed by atoms with E-state index in [9.17, 15) is 58.8 Å². The van der Waals surface area contributed by atoms with E-state index < -0.39 is 85.0 Å². The summed E-state index contributed by atoms with van der Waals surface area (Å²) >= 11 is 2.19. The minimum absolute atomic E-state index is 0.0386. The number of rotatable bonds is 6. The van der Waals surface area contributed by atoms with Crippen molar-refractivity contribution < 1.29 is 62.7 Å². The lowest BCUT2D eigenvalue weighted by atomic mass is 9.89. The molecule has 2 aromatic rings. The highest BCUT2D eigenvalue weighted by molar-refractivity contribution is 9.10. The quantitative estimate of drug-likeness (QED) is 0.150. The van der Waals surface area contributed by atoms with E-state index in [-0.39, 0.29) is 12.1 Å². The van der Waals surface area contributed by atoms with Crippen molar-refractivity contribution in [3.63, 3.8) is 0 Å². The van der Waals surface area contributed by atoms with Crippen LogP contribution in [0.2, 0.25) is 0 Å². The maximum atomic E-state index is 15.2. The van der Waals surface area contributed by atoms with Gasteiger partial charge in [0, 0.05) is 23.2 Å². The molecule has 37 heavy (non-hydrogen) atoms. The number of carbonyl (C=O) groups excluding carboxylic acids is 1. The molecule has 1 amide bonds. The van der Waals surface area contributed by atoms with Crippen molar-refractivity contribution in [3.8, 4) is 0 Å². The Hall–Kier alpha value is -3.02. The summed E-state index contributed by atoms with van der Waals surface area (Å²) in [7, 11) is 0.644. The highest BCUT2D eigenvalue weighted by Crippen LogP contribution is 2.59. The van der Waals surface area contributed by atoms with Crippen LogP contribution >= 0.6 is 15.9 Å². The third-order valence-electron chi connectivity index (χ3n) is 4.74. The standard InChI is InChI=1S/C19H10BrF11N2O4/c1-37-7-32(15(34)8-3-2-4-11(13(8)21)33(35)36)14-9(17(23,24)25)5-6-10(20)12(14)16(22,18(26,27)28)19(29,30)31/h2-6H,7H2,1H3. The highest BCUT2D eigenvalue weighted by atomic mass is 79.9. The van der Waals surface area contributed by atoms with Crippen LogP contribution in [0, 0.1) is 15.9 Å². The second-order valence-corrected chi connectivity index (χ2v) is 7.87. The maximum absolute atomic E-state index is 15.2. The zero-order valence-electron chi connectivity index (χ0n) is 17.7. The van der Waals surface area contributed by atoms with Crippen LogP contribution in [0.3, 0.4) is 0 Å². The molecule has 0 atom stereocenters. The Morgan fingerprint density at radius 2 is 1.54 bits per heavy atom. The first-order chi connectivity index (χ1) is 16.7. The molecule has 0 bridgehead atoms. The van der Waals surface area contributed by atoms with Crippen molar-refractivity contribution >= 4 is 33.2 Å². The van der Waals surface area contributed by atoms with Gasteiger partial charge in [-0.1, -0.05) is 22.0 Å². The van der Waals surface area contributed by atoms with Crippen LogP contribution in [0.25, 0.3) is 0 Å². The van der Waals surface area contributed by atoms with Gasteiger partial charge in [0.05, 0.1) is 21.7 Å². The number of benzene rings is 2. The number of methoxy groups -OCH3 is 1. The molecule has 204 valence electrons. The minimum Gasteiger partial charge on any atom is -0.364 e. The number of anilines is 1. The second-order valence-electron chi connectivity index (χ2n) is 7.02. The molecular formula is C19H10BrF11N2O4. The van der Waals surface area contributed by atoms with Gasteiger partial charge in [-0.3, -0.25) is 19.8 Å². The SMILES string of the molecule is COCN(C(=O)c1cccc([N+](=O)[O-])c1F)c1c(C(F)(F)F)ccc(Br)c1C(F)(C(F)(F)F)C(F)(F)F. The molecule has 0 heterocycles. The zero-order valence-corrected chi connectivity index (χ0v) is 19.2. The number of nitro benzene ring substituents is 1. The topological polar surface area (TPSA) is 72.7 Å². The summed E-state index contributed by atoms with van der Waals surface area (Å²) in [6, 6.07) is 1.61. The van der Waals surface area contributed by atoms with Crippen molar-refractivity contribution in [3.05, 3.63) is 67.4 Å². The average molecular weight is 619 g/mol. The van der Waals surface area contributed by atoms with Crippen LogP contribution in [0.1, 0.15) is 21.5 Å². The zero-order chi connectivity index (χ0) is 28.7. The van der Waals surface area contributed by atoms with E-state index in [1.54, 1.807) is 0 Å². The van der Waals surface area contributed by atoms with Gasteiger partial charge in [-0.2, -0.15) is 43.9 Å². The lowest BCUT2D eigenvalue weighted by molar-refractivity contribution is -0.387. The van der Waals surface area contributed by atoms with Crippen LogP contribution in [0.15, 0.2) is 34.8 Å². The molecule has 0 radical (unpaired) electrons. The Bertz CT molecular complexity index is 1200. The number of nitrogens with zero attached hydrogens (tertiary/aromatic N) is 2. The van der Waals surface area contributed by atoms with Crippen LogP contribution in [0.5, 0.6) is 0 Å². The van der Waals surface area contributed by atoms with Crippen LogP contribution in [-0.4, -0.2) is 37.0 Å². The highest BCUT2D eigenvalue weighted by Gasteiger charge is 2.75. The smallest absolute Gasteiger partial charge is 0.364 e. The lowest BCUT2D eigenvalue weighted by Crippen LogP contribution is -2.52. The first-order valence-electron chi connectivity index (χ1n) is 9.18. The minimum atomic E-state index is -6.93. The Balaban J connectivity index is 3.11. The molecule has 0 aliphatic carbocycles. The number of hydrogen-bond donors (Lipinski definition) is 0. The third kappa shape index (κ3) is 5.34. The fourth-order valence-corrected chi connectivity index (χ4v) is 3.77. The normalized spacial score (nSPS) is 13.0. The summed E-state index contributed by atoms with van der Waals surface area (Å²) in [5, 5.41) is 11.0. The Kier molecular flexibility index (Phi) is 8.19. The molecule has 0 aliphatic heterocycles. The Morgan fingerprint density at radius 3 is 1.97 bits per heavy atom. The molecule has 18 heteroatoms. The molecule has 0 unspecified atom stereocenters. The number of carbonyl (C=O) groups is 1. The largest absolute Gasteiger partial charge is 0.436 e. The van der Waals surface area contributed by atoms with Crippen molar-refractivity contribution in [2.45, 2.75) is 24.2 Å². The van der Waals surface area contributed by atoms with Gasteiger partial charge in [-0.15, -0.1) is 0 Å². The van der Waals surface area contributed by atoms with Crippen molar-refractivity contribution in [1.82, 2.24) is 0 Å². The van der Waals surface area contributed by atoms with E-state index in [1.807, 2.05) is 0 Å². The molecular weight excluding hydrogens is 609 g/mol. The lowest BCUT2D eigenvalue weighted by Gasteiger charge is -2.36. The molecule has 2 aromatic carbocycles. The number of halogens is 12. The van der Waals surface area contributed by atoms with Crippen LogP contribution in [-0.2, 0) is 16.6 Å². The maximum Gasteiger partial charge on any atom is 0.436 e. The molecule has 2 rings (SSSR count). The van der Waals surface area contributed by atoms with Crippen molar-refractivity contribution in [1.29, 1.82) is 0 Å². The van der Waals surface area contributed by atoms with Gasteiger partial charge in [-0.25, -0.2) is 4.39 Å². The van der Waals surface area contributed by atoms with Gasteiger partial charge in [0.15, 0.2) is 0 Å². The fraction of sp³-hybridized carbons (Fsp3) is 0.316. The molecule has 0 fully saturated rings.